The molecular weight excluding hydrogens is 384 g/mol. The molecule has 3 rings (SSSR count). The van der Waals surface area contributed by atoms with E-state index in [4.69, 9.17) is 15.9 Å². The van der Waals surface area contributed by atoms with Crippen LogP contribution in [0.2, 0.25) is 0 Å². The second kappa shape index (κ2) is 9.64. The van der Waals surface area contributed by atoms with Crippen LogP contribution in [-0.4, -0.2) is 19.6 Å². The first-order valence-electron chi connectivity index (χ1n) is 9.04. The summed E-state index contributed by atoms with van der Waals surface area (Å²) >= 11 is 1.64. The van der Waals surface area contributed by atoms with E-state index in [1.165, 1.54) is 0 Å². The Balaban J connectivity index is 1.61. The highest BCUT2D eigenvalue weighted by Gasteiger charge is 2.15. The number of benzene rings is 2. The largest absolute Gasteiger partial charge is 0.493 e. The number of carbonyl (C=O) groups excluding carboxylic acids is 1. The third-order valence-corrected chi connectivity index (χ3v) is 5.32. The number of methoxy groups -OCH3 is 1. The first kappa shape index (κ1) is 20.3. The highest BCUT2D eigenvalue weighted by atomic mass is 32.1. The molecule has 1 unspecified atom stereocenters. The van der Waals surface area contributed by atoms with Gasteiger partial charge in [0, 0.05) is 11.1 Å². The summed E-state index contributed by atoms with van der Waals surface area (Å²) in [5.41, 5.74) is 1.71. The Kier molecular flexibility index (Phi) is 6.73. The standard InChI is InChI=1S/C23H20N2O3S/c1-3-11-28-20-7-4-16(13-21(20)27-2)5-9-23(26)25-19(15-24)17-6-8-22-18(14-17)10-12-29-22/h1,4,6-8,10,12-14,19H,5,9,11H2,2H3,(H,25,26). The molecule has 0 aliphatic carbocycles. The average molecular weight is 404 g/mol. The van der Waals surface area contributed by atoms with E-state index in [-0.39, 0.29) is 18.9 Å². The Morgan fingerprint density at radius 2 is 2.10 bits per heavy atom. The molecule has 0 radical (unpaired) electrons. The van der Waals surface area contributed by atoms with Crippen LogP contribution in [0.4, 0.5) is 0 Å². The molecule has 5 nitrogen and oxygen atoms in total. The van der Waals surface area contributed by atoms with Gasteiger partial charge in [0.25, 0.3) is 0 Å². The first-order chi connectivity index (χ1) is 14.1. The second-order valence-corrected chi connectivity index (χ2v) is 7.27. The normalized spacial score (nSPS) is 11.3. The SMILES string of the molecule is C#CCOc1ccc(CCC(=O)NC(C#N)c2ccc3sccc3c2)cc1OC. The third-order valence-electron chi connectivity index (χ3n) is 4.42. The molecule has 0 spiro atoms. The van der Waals surface area contributed by atoms with Crippen molar-refractivity contribution in [3.05, 3.63) is 59.0 Å². The van der Waals surface area contributed by atoms with Crippen molar-refractivity contribution in [1.29, 1.82) is 5.26 Å². The third kappa shape index (κ3) is 5.07. The number of aryl methyl sites for hydroxylation is 1. The molecule has 3 aromatic rings. The number of nitriles is 1. The molecule has 0 aliphatic heterocycles. The quantitative estimate of drug-likeness (QED) is 0.570. The Labute approximate surface area is 173 Å². The summed E-state index contributed by atoms with van der Waals surface area (Å²) in [6, 6.07) is 14.8. The van der Waals surface area contributed by atoms with E-state index in [2.05, 4.69) is 17.3 Å². The van der Waals surface area contributed by atoms with E-state index in [0.717, 1.165) is 21.2 Å². The van der Waals surface area contributed by atoms with Gasteiger partial charge >= 0.3 is 0 Å². The zero-order valence-corrected chi connectivity index (χ0v) is 16.8. The predicted octanol–water partition coefficient (Wildman–Crippen LogP) is 4.24. The Bertz CT molecular complexity index is 1090. The van der Waals surface area contributed by atoms with E-state index in [1.807, 2.05) is 41.8 Å². The van der Waals surface area contributed by atoms with Crippen molar-refractivity contribution < 1.29 is 14.3 Å². The number of terminal acetylenes is 1. The summed E-state index contributed by atoms with van der Waals surface area (Å²) < 4.78 is 11.9. The second-order valence-electron chi connectivity index (χ2n) is 6.33. The lowest BCUT2D eigenvalue weighted by Crippen LogP contribution is -2.27. The van der Waals surface area contributed by atoms with Crippen molar-refractivity contribution in [2.45, 2.75) is 18.9 Å². The zero-order chi connectivity index (χ0) is 20.6. The number of amides is 1. The van der Waals surface area contributed by atoms with Crippen molar-refractivity contribution in [3.63, 3.8) is 0 Å². The van der Waals surface area contributed by atoms with E-state index in [0.29, 0.717) is 17.9 Å². The molecule has 146 valence electrons. The topological polar surface area (TPSA) is 71.3 Å². The smallest absolute Gasteiger partial charge is 0.221 e. The molecule has 0 saturated carbocycles. The lowest BCUT2D eigenvalue weighted by molar-refractivity contribution is -0.121. The fraction of sp³-hybridized carbons (Fsp3) is 0.217. The molecule has 29 heavy (non-hydrogen) atoms. The molecule has 1 heterocycles. The van der Waals surface area contributed by atoms with Crippen LogP contribution in [0.1, 0.15) is 23.6 Å². The van der Waals surface area contributed by atoms with E-state index >= 15 is 0 Å². The highest BCUT2D eigenvalue weighted by Crippen LogP contribution is 2.28. The van der Waals surface area contributed by atoms with Gasteiger partial charge in [0.15, 0.2) is 11.5 Å². The van der Waals surface area contributed by atoms with Gasteiger partial charge in [0.05, 0.1) is 13.2 Å². The van der Waals surface area contributed by atoms with Crippen molar-refractivity contribution >= 4 is 27.3 Å². The minimum Gasteiger partial charge on any atom is -0.493 e. The van der Waals surface area contributed by atoms with Gasteiger partial charge in [-0.1, -0.05) is 18.1 Å². The van der Waals surface area contributed by atoms with Crippen LogP contribution in [0, 0.1) is 23.7 Å². The van der Waals surface area contributed by atoms with Crippen molar-refractivity contribution in [3.8, 4) is 29.9 Å². The summed E-state index contributed by atoms with van der Waals surface area (Å²) in [7, 11) is 1.55. The van der Waals surface area contributed by atoms with Crippen molar-refractivity contribution in [1.82, 2.24) is 5.32 Å². The molecule has 1 amide bonds. The van der Waals surface area contributed by atoms with Crippen LogP contribution in [0.5, 0.6) is 11.5 Å². The van der Waals surface area contributed by atoms with Crippen LogP contribution >= 0.6 is 11.3 Å². The Hall–Kier alpha value is -3.48. The minimum absolute atomic E-state index is 0.158. The summed E-state index contributed by atoms with van der Waals surface area (Å²) in [6.45, 7) is 0.158. The number of rotatable bonds is 8. The van der Waals surface area contributed by atoms with Gasteiger partial charge in [-0.3, -0.25) is 4.79 Å². The zero-order valence-electron chi connectivity index (χ0n) is 16.0. The molecule has 0 fully saturated rings. The molecule has 1 aromatic heterocycles. The maximum Gasteiger partial charge on any atom is 0.221 e. The number of hydrogen-bond acceptors (Lipinski definition) is 5. The van der Waals surface area contributed by atoms with Gasteiger partial charge in [-0.15, -0.1) is 17.8 Å². The molecule has 6 heteroatoms. The Morgan fingerprint density at radius 1 is 1.24 bits per heavy atom. The van der Waals surface area contributed by atoms with Crippen LogP contribution in [-0.2, 0) is 11.2 Å². The number of ether oxygens (including phenoxy) is 2. The van der Waals surface area contributed by atoms with Gasteiger partial charge in [0.1, 0.15) is 12.6 Å². The predicted molar refractivity (Wildman–Crippen MR) is 114 cm³/mol. The fourth-order valence-electron chi connectivity index (χ4n) is 2.95. The van der Waals surface area contributed by atoms with E-state index in [9.17, 15) is 10.1 Å². The maximum atomic E-state index is 12.4. The summed E-state index contributed by atoms with van der Waals surface area (Å²) in [5, 5.41) is 15.4. The monoisotopic (exact) mass is 404 g/mol. The fourth-order valence-corrected chi connectivity index (χ4v) is 3.72. The van der Waals surface area contributed by atoms with Gasteiger partial charge in [-0.2, -0.15) is 5.26 Å². The van der Waals surface area contributed by atoms with Crippen LogP contribution in [0.25, 0.3) is 10.1 Å². The van der Waals surface area contributed by atoms with Crippen molar-refractivity contribution in [2.75, 3.05) is 13.7 Å². The summed E-state index contributed by atoms with van der Waals surface area (Å²) in [5.74, 6) is 3.35. The molecule has 1 atom stereocenters. The van der Waals surface area contributed by atoms with Crippen molar-refractivity contribution in [2.24, 2.45) is 0 Å². The van der Waals surface area contributed by atoms with Crippen LogP contribution in [0.3, 0.4) is 0 Å². The summed E-state index contributed by atoms with van der Waals surface area (Å²) in [6.07, 6.45) is 5.98. The van der Waals surface area contributed by atoms with Crippen LogP contribution in [0.15, 0.2) is 47.8 Å². The minimum atomic E-state index is -0.680. The van der Waals surface area contributed by atoms with Gasteiger partial charge in [-0.25, -0.2) is 0 Å². The molecule has 2 aromatic carbocycles. The van der Waals surface area contributed by atoms with Gasteiger partial charge in [-0.05, 0) is 58.6 Å². The number of fused-ring (bicyclic) bond motifs is 1. The maximum absolute atomic E-state index is 12.4. The number of hydrogen-bond donors (Lipinski definition) is 1. The highest BCUT2D eigenvalue weighted by molar-refractivity contribution is 7.17. The number of thiophene rings is 1. The Morgan fingerprint density at radius 3 is 2.86 bits per heavy atom. The molecule has 0 saturated heterocycles. The molecular formula is C23H20N2O3S. The summed E-state index contributed by atoms with van der Waals surface area (Å²) in [4.78, 5) is 12.4. The van der Waals surface area contributed by atoms with E-state index < -0.39 is 6.04 Å². The lowest BCUT2D eigenvalue weighted by atomic mass is 10.1. The molecule has 0 aliphatic rings. The van der Waals surface area contributed by atoms with Gasteiger partial charge in [0.2, 0.25) is 5.91 Å². The number of carbonyl (C=O) groups is 1. The molecule has 0 bridgehead atoms. The van der Waals surface area contributed by atoms with Crippen LogP contribution < -0.4 is 14.8 Å². The average Bonchev–Trinajstić information content (AvgIpc) is 3.22. The van der Waals surface area contributed by atoms with E-state index in [1.54, 1.807) is 24.5 Å². The first-order valence-corrected chi connectivity index (χ1v) is 9.92. The molecule has 1 N–H and O–H groups in total. The number of nitrogens with one attached hydrogen (secondary N) is 1. The number of nitrogens with zero attached hydrogens (tertiary/aromatic N) is 1. The lowest BCUT2D eigenvalue weighted by Gasteiger charge is -2.13. The van der Waals surface area contributed by atoms with Gasteiger partial charge < -0.3 is 14.8 Å².